The van der Waals surface area contributed by atoms with Gasteiger partial charge < -0.3 is 18.9 Å². The fourth-order valence-electron chi connectivity index (χ4n) is 3.71. The van der Waals surface area contributed by atoms with E-state index in [0.29, 0.717) is 43.9 Å². The van der Waals surface area contributed by atoms with Gasteiger partial charge in [-0.3, -0.25) is 4.79 Å². The number of amides is 1. The maximum atomic E-state index is 13.3. The molecule has 1 atom stereocenters. The number of aromatic nitrogens is 2. The smallest absolute Gasteiger partial charge is 0.471 e. The first kappa shape index (κ1) is 20.6. The van der Waals surface area contributed by atoms with Crippen LogP contribution in [-0.4, -0.2) is 46.8 Å². The molecule has 30 heavy (non-hydrogen) atoms. The largest absolute Gasteiger partial charge is 0.491 e. The number of alkyl halides is 3. The third-order valence-electron chi connectivity index (χ3n) is 5.72. The summed E-state index contributed by atoms with van der Waals surface area (Å²) >= 11 is 0. The molecule has 1 saturated heterocycles. The van der Waals surface area contributed by atoms with Crippen molar-refractivity contribution >= 4 is 5.91 Å². The van der Waals surface area contributed by atoms with E-state index in [1.807, 2.05) is 18.7 Å². The Kier molecular flexibility index (Phi) is 5.21. The Morgan fingerprint density at radius 2 is 2.00 bits per heavy atom. The summed E-state index contributed by atoms with van der Waals surface area (Å²) in [5, 5.41) is 3.42. The number of halogens is 3. The molecule has 162 valence electrons. The van der Waals surface area contributed by atoms with Crippen LogP contribution >= 0.6 is 0 Å². The van der Waals surface area contributed by atoms with Gasteiger partial charge in [0.15, 0.2) is 0 Å². The van der Waals surface area contributed by atoms with Crippen molar-refractivity contribution in [1.82, 2.24) is 15.0 Å². The van der Waals surface area contributed by atoms with Crippen LogP contribution in [0.25, 0.3) is 11.4 Å². The molecular formula is C20H22F3N3O4. The number of ether oxygens (including phenoxy) is 2. The Hall–Kier alpha value is -2.62. The summed E-state index contributed by atoms with van der Waals surface area (Å²) in [5.74, 6) is -1.02. The number of carbonyl (C=O) groups excluding carboxylic acids is 1. The van der Waals surface area contributed by atoms with Gasteiger partial charge in [0.25, 0.3) is 0 Å². The lowest BCUT2D eigenvalue weighted by Crippen LogP contribution is -2.49. The van der Waals surface area contributed by atoms with Crippen molar-refractivity contribution in [1.29, 1.82) is 0 Å². The molecule has 2 aromatic rings. The van der Waals surface area contributed by atoms with Crippen LogP contribution in [0.4, 0.5) is 13.2 Å². The Labute approximate surface area is 171 Å². The second kappa shape index (κ2) is 7.57. The van der Waals surface area contributed by atoms with E-state index < -0.39 is 17.5 Å². The maximum absolute atomic E-state index is 13.3. The highest BCUT2D eigenvalue weighted by atomic mass is 19.4. The molecule has 2 aliphatic heterocycles. The van der Waals surface area contributed by atoms with Gasteiger partial charge in [0, 0.05) is 30.9 Å². The van der Waals surface area contributed by atoms with Gasteiger partial charge >= 0.3 is 12.1 Å². The summed E-state index contributed by atoms with van der Waals surface area (Å²) in [6.07, 6.45) is -3.37. The second-order valence-electron chi connectivity index (χ2n) is 8.01. The molecular weight excluding hydrogens is 403 g/mol. The molecule has 3 heterocycles. The molecule has 10 heteroatoms. The Balaban J connectivity index is 1.59. The average Bonchev–Trinajstić information content (AvgIpc) is 3.15. The normalized spacial score (nSPS) is 21.5. The number of carbonyl (C=O) groups is 1. The molecule has 0 aliphatic carbocycles. The molecule has 7 nitrogen and oxygen atoms in total. The Morgan fingerprint density at radius 1 is 1.27 bits per heavy atom. The van der Waals surface area contributed by atoms with Crippen LogP contribution < -0.4 is 4.74 Å². The third-order valence-corrected chi connectivity index (χ3v) is 5.72. The van der Waals surface area contributed by atoms with Crippen LogP contribution in [0.15, 0.2) is 22.7 Å². The monoisotopic (exact) mass is 425 g/mol. The van der Waals surface area contributed by atoms with Crippen molar-refractivity contribution < 1.29 is 32.0 Å². The van der Waals surface area contributed by atoms with Crippen molar-refractivity contribution in [2.24, 2.45) is 5.41 Å². The molecule has 0 radical (unpaired) electrons. The number of nitrogens with zero attached hydrogens (tertiary/aromatic N) is 3. The zero-order valence-electron chi connectivity index (χ0n) is 16.7. The van der Waals surface area contributed by atoms with Crippen LogP contribution in [0, 0.1) is 5.41 Å². The van der Waals surface area contributed by atoms with E-state index in [1.165, 1.54) is 0 Å². The van der Waals surface area contributed by atoms with Gasteiger partial charge in [0.2, 0.25) is 11.7 Å². The fourth-order valence-corrected chi connectivity index (χ4v) is 3.71. The minimum Gasteiger partial charge on any atom is -0.491 e. The maximum Gasteiger partial charge on any atom is 0.471 e. The van der Waals surface area contributed by atoms with Gasteiger partial charge in [-0.1, -0.05) is 24.2 Å². The van der Waals surface area contributed by atoms with E-state index in [4.69, 9.17) is 9.47 Å². The van der Waals surface area contributed by atoms with Crippen LogP contribution in [-0.2, 0) is 22.3 Å². The highest BCUT2D eigenvalue weighted by Crippen LogP contribution is 2.36. The molecule has 0 N–H and O–H groups in total. The van der Waals surface area contributed by atoms with Gasteiger partial charge in [-0.05, 0) is 25.8 Å². The van der Waals surface area contributed by atoms with Gasteiger partial charge in [-0.25, -0.2) is 0 Å². The number of rotatable bonds is 2. The molecule has 1 fully saturated rings. The summed E-state index contributed by atoms with van der Waals surface area (Å²) in [7, 11) is 0. The van der Waals surface area contributed by atoms with Gasteiger partial charge in [0.05, 0.1) is 11.5 Å². The summed E-state index contributed by atoms with van der Waals surface area (Å²) in [6, 6.07) is 4.74. The molecule has 1 aromatic heterocycles. The van der Waals surface area contributed by atoms with E-state index in [-0.39, 0.29) is 24.4 Å². The van der Waals surface area contributed by atoms with Crippen molar-refractivity contribution in [2.75, 3.05) is 19.8 Å². The minimum absolute atomic E-state index is 0.0619. The van der Waals surface area contributed by atoms with Crippen LogP contribution in [0.1, 0.15) is 38.1 Å². The minimum atomic E-state index is -4.70. The quantitative estimate of drug-likeness (QED) is 0.731. The molecule has 2 aliphatic rings. The standard InChI is InChI=1S/C20H22F3N3O4/c1-12-11-29-15-9-13(16-24-17(30-25-16)20(21,22)23)3-4-14(15)10-26(12)18(27)19(2)5-7-28-8-6-19/h3-4,9,12H,5-8,10-11H2,1-2H3. The Morgan fingerprint density at radius 3 is 2.67 bits per heavy atom. The number of hydrogen-bond donors (Lipinski definition) is 0. The van der Waals surface area contributed by atoms with Crippen molar-refractivity contribution in [3.8, 4) is 17.1 Å². The number of hydrogen-bond acceptors (Lipinski definition) is 6. The lowest BCUT2D eigenvalue weighted by molar-refractivity contribution is -0.159. The molecule has 4 rings (SSSR count). The van der Waals surface area contributed by atoms with Crippen molar-refractivity contribution in [3.63, 3.8) is 0 Å². The van der Waals surface area contributed by atoms with E-state index >= 15 is 0 Å². The number of fused-ring (bicyclic) bond motifs is 1. The molecule has 0 saturated carbocycles. The van der Waals surface area contributed by atoms with Crippen molar-refractivity contribution in [2.45, 2.75) is 45.5 Å². The molecule has 0 spiro atoms. The summed E-state index contributed by atoms with van der Waals surface area (Å²) in [6.45, 7) is 5.63. The number of benzene rings is 1. The summed E-state index contributed by atoms with van der Waals surface area (Å²) < 4.78 is 53.8. The molecule has 0 bridgehead atoms. The SMILES string of the molecule is CC1COc2cc(-c3noc(C(F)(F)F)n3)ccc2CN1C(=O)C1(C)CCOCC1. The van der Waals surface area contributed by atoms with Gasteiger partial charge in [-0.15, -0.1) is 0 Å². The van der Waals surface area contributed by atoms with Gasteiger partial charge in [-0.2, -0.15) is 18.2 Å². The first-order valence-corrected chi connectivity index (χ1v) is 9.73. The van der Waals surface area contributed by atoms with E-state index in [0.717, 1.165) is 5.56 Å². The predicted molar refractivity (Wildman–Crippen MR) is 98.4 cm³/mol. The van der Waals surface area contributed by atoms with Crippen LogP contribution in [0.5, 0.6) is 5.75 Å². The van der Waals surface area contributed by atoms with E-state index in [9.17, 15) is 18.0 Å². The van der Waals surface area contributed by atoms with Crippen molar-refractivity contribution in [3.05, 3.63) is 29.7 Å². The predicted octanol–water partition coefficient (Wildman–Crippen LogP) is 3.68. The first-order valence-electron chi connectivity index (χ1n) is 9.73. The average molecular weight is 425 g/mol. The molecule has 1 amide bonds. The highest BCUT2D eigenvalue weighted by Gasteiger charge is 2.41. The van der Waals surface area contributed by atoms with Crippen LogP contribution in [0.3, 0.4) is 0 Å². The zero-order valence-corrected chi connectivity index (χ0v) is 16.7. The first-order chi connectivity index (χ1) is 14.2. The lowest BCUT2D eigenvalue weighted by atomic mass is 9.80. The van der Waals surface area contributed by atoms with Gasteiger partial charge in [0.1, 0.15) is 12.4 Å². The fraction of sp³-hybridized carbons (Fsp3) is 0.550. The lowest BCUT2D eigenvalue weighted by Gasteiger charge is -2.38. The molecule has 1 aromatic carbocycles. The zero-order chi connectivity index (χ0) is 21.5. The molecule has 1 unspecified atom stereocenters. The van der Waals surface area contributed by atoms with E-state index in [2.05, 4.69) is 14.7 Å². The summed E-state index contributed by atoms with van der Waals surface area (Å²) in [4.78, 5) is 18.5. The highest BCUT2D eigenvalue weighted by molar-refractivity contribution is 5.83. The third kappa shape index (κ3) is 3.88. The second-order valence-corrected chi connectivity index (χ2v) is 8.01. The topological polar surface area (TPSA) is 77.7 Å². The van der Waals surface area contributed by atoms with E-state index in [1.54, 1.807) is 18.2 Å². The Bertz CT molecular complexity index is 938. The summed E-state index contributed by atoms with van der Waals surface area (Å²) in [5.41, 5.74) is 0.638. The van der Waals surface area contributed by atoms with Crippen LogP contribution in [0.2, 0.25) is 0 Å².